The Morgan fingerprint density at radius 1 is 1.16 bits per heavy atom. The maximum absolute atomic E-state index is 12.6. The van der Waals surface area contributed by atoms with Crippen LogP contribution in [0.15, 0.2) is 24.3 Å². The second kappa shape index (κ2) is 7.23. The lowest BCUT2D eigenvalue weighted by Crippen LogP contribution is -2.32. The third kappa shape index (κ3) is 4.57. The summed E-state index contributed by atoms with van der Waals surface area (Å²) < 4.78 is 5.28. The van der Waals surface area contributed by atoms with Gasteiger partial charge < -0.3 is 20.5 Å². The minimum atomic E-state index is -0.593. The lowest BCUT2D eigenvalue weighted by atomic mass is 9.97. The van der Waals surface area contributed by atoms with Crippen molar-refractivity contribution in [3.05, 3.63) is 35.4 Å². The predicted molar refractivity (Wildman–Crippen MR) is 90.8 cm³/mol. The Bertz CT molecular complexity index is 663. The average molecular weight is 348 g/mol. The van der Waals surface area contributed by atoms with E-state index in [1.54, 1.807) is 32.9 Å². The smallest absolute Gasteiger partial charge is 0.338 e. The molecule has 1 aliphatic heterocycles. The first-order chi connectivity index (χ1) is 11.6. The van der Waals surface area contributed by atoms with Crippen molar-refractivity contribution < 1.29 is 24.2 Å². The minimum absolute atomic E-state index is 0.188. The molecule has 0 saturated carbocycles. The van der Waals surface area contributed by atoms with Crippen molar-refractivity contribution in [3.8, 4) is 0 Å². The number of primary amides is 1. The number of aliphatic hydroxyl groups is 1. The number of carbonyl (C=O) groups is 3. The molecule has 1 aromatic carbocycles. The monoisotopic (exact) mass is 348 g/mol. The molecule has 25 heavy (non-hydrogen) atoms. The molecule has 1 heterocycles. The fourth-order valence-electron chi connectivity index (χ4n) is 2.81. The van der Waals surface area contributed by atoms with E-state index < -0.39 is 23.4 Å². The molecule has 0 unspecified atom stereocenters. The first-order valence-corrected chi connectivity index (χ1v) is 8.15. The normalized spacial score (nSPS) is 20.4. The summed E-state index contributed by atoms with van der Waals surface area (Å²) in [4.78, 5) is 37.5. The van der Waals surface area contributed by atoms with Crippen LogP contribution in [0.5, 0.6) is 0 Å². The summed E-state index contributed by atoms with van der Waals surface area (Å²) in [7, 11) is 0. The summed E-state index contributed by atoms with van der Waals surface area (Å²) in [6.45, 7) is 5.60. The molecule has 1 aromatic rings. The van der Waals surface area contributed by atoms with Gasteiger partial charge in [0.1, 0.15) is 5.60 Å². The lowest BCUT2D eigenvalue weighted by Gasteiger charge is -2.20. The van der Waals surface area contributed by atoms with Crippen LogP contribution in [0.25, 0.3) is 0 Å². The molecule has 3 N–H and O–H groups in total. The molecule has 1 aliphatic rings. The molecule has 7 nitrogen and oxygen atoms in total. The fraction of sp³-hybridized carbons (Fsp3) is 0.500. The highest BCUT2D eigenvalue weighted by molar-refractivity contribution is 5.97. The highest BCUT2D eigenvalue weighted by Gasteiger charge is 2.38. The van der Waals surface area contributed by atoms with E-state index in [2.05, 4.69) is 0 Å². The summed E-state index contributed by atoms with van der Waals surface area (Å²) in [5.41, 5.74) is 5.49. The quantitative estimate of drug-likeness (QED) is 0.783. The zero-order chi connectivity index (χ0) is 18.8. The molecule has 0 bridgehead atoms. The number of ether oxygens (including phenoxy) is 1. The summed E-state index contributed by atoms with van der Waals surface area (Å²) in [5, 5.41) is 9.35. The minimum Gasteiger partial charge on any atom is -0.456 e. The number of esters is 1. The summed E-state index contributed by atoms with van der Waals surface area (Å²) in [6.07, 6.45) is 0. The molecule has 136 valence electrons. The topological polar surface area (TPSA) is 110 Å². The van der Waals surface area contributed by atoms with Gasteiger partial charge >= 0.3 is 5.97 Å². The van der Waals surface area contributed by atoms with Crippen molar-refractivity contribution in [3.63, 3.8) is 0 Å². The van der Waals surface area contributed by atoms with Crippen LogP contribution in [0.1, 0.15) is 41.5 Å². The number of aliphatic hydroxyl groups excluding tert-OH is 1. The van der Waals surface area contributed by atoms with Crippen LogP contribution in [-0.2, 0) is 9.53 Å². The fourth-order valence-corrected chi connectivity index (χ4v) is 2.81. The Balaban J connectivity index is 2.08. The van der Waals surface area contributed by atoms with E-state index in [1.807, 2.05) is 0 Å². The predicted octanol–water partition coefficient (Wildman–Crippen LogP) is 0.808. The van der Waals surface area contributed by atoms with E-state index in [-0.39, 0.29) is 31.5 Å². The van der Waals surface area contributed by atoms with Gasteiger partial charge in [0, 0.05) is 31.2 Å². The molecule has 7 heteroatoms. The van der Waals surface area contributed by atoms with E-state index in [9.17, 15) is 19.5 Å². The molecule has 0 spiro atoms. The second-order valence-corrected chi connectivity index (χ2v) is 7.24. The second-order valence-electron chi connectivity index (χ2n) is 7.24. The largest absolute Gasteiger partial charge is 0.456 e. The molecule has 2 amide bonds. The van der Waals surface area contributed by atoms with Crippen molar-refractivity contribution in [1.29, 1.82) is 0 Å². The number of hydrogen-bond acceptors (Lipinski definition) is 5. The number of nitrogens with two attached hydrogens (primary N) is 1. The summed E-state index contributed by atoms with van der Waals surface area (Å²) >= 11 is 0. The van der Waals surface area contributed by atoms with Crippen LogP contribution in [-0.4, -0.2) is 53.1 Å². The first-order valence-electron chi connectivity index (χ1n) is 8.15. The molecule has 0 radical (unpaired) electrons. The number of rotatable bonds is 4. The zero-order valence-electron chi connectivity index (χ0n) is 14.7. The third-order valence-corrected chi connectivity index (χ3v) is 4.09. The Labute approximate surface area is 146 Å². The van der Waals surface area contributed by atoms with Crippen LogP contribution in [0.2, 0.25) is 0 Å². The number of benzene rings is 1. The number of amides is 2. The van der Waals surface area contributed by atoms with Gasteiger partial charge in [-0.05, 0) is 45.0 Å². The van der Waals surface area contributed by atoms with Gasteiger partial charge in [0.25, 0.3) is 5.91 Å². The van der Waals surface area contributed by atoms with Crippen LogP contribution < -0.4 is 5.73 Å². The standard InChI is InChI=1S/C18H24N2O5/c1-18(2,3)25-17(24)12-6-4-11(5-7-12)16(23)20-8-13(10-21)14(9-20)15(19)22/h4-7,13-14,21H,8-10H2,1-3H3,(H2,19,22)/t13-,14+/m0/s1. The Hall–Kier alpha value is -2.41. The van der Waals surface area contributed by atoms with Gasteiger partial charge in [0.05, 0.1) is 11.5 Å². The molecule has 1 saturated heterocycles. The van der Waals surface area contributed by atoms with E-state index >= 15 is 0 Å². The number of carbonyl (C=O) groups excluding carboxylic acids is 3. The Morgan fingerprint density at radius 3 is 2.16 bits per heavy atom. The molecular weight excluding hydrogens is 324 g/mol. The van der Waals surface area contributed by atoms with Gasteiger partial charge in [0.15, 0.2) is 0 Å². The molecule has 0 aliphatic carbocycles. The lowest BCUT2D eigenvalue weighted by molar-refractivity contribution is -0.122. The zero-order valence-corrected chi connectivity index (χ0v) is 14.7. The van der Waals surface area contributed by atoms with Crippen molar-refractivity contribution in [2.75, 3.05) is 19.7 Å². The Kier molecular flexibility index (Phi) is 5.47. The van der Waals surface area contributed by atoms with Crippen LogP contribution >= 0.6 is 0 Å². The van der Waals surface area contributed by atoms with Crippen molar-refractivity contribution in [2.45, 2.75) is 26.4 Å². The van der Waals surface area contributed by atoms with Gasteiger partial charge in [-0.1, -0.05) is 0 Å². The summed E-state index contributed by atoms with van der Waals surface area (Å²) in [5.74, 6) is -2.13. The molecular formula is C18H24N2O5. The molecule has 2 rings (SSSR count). The van der Waals surface area contributed by atoms with E-state index in [0.29, 0.717) is 11.1 Å². The SMILES string of the molecule is CC(C)(C)OC(=O)c1ccc(C(=O)N2C[C@@H](CO)[C@H](C(N)=O)C2)cc1. The van der Waals surface area contributed by atoms with Crippen molar-refractivity contribution >= 4 is 17.8 Å². The maximum Gasteiger partial charge on any atom is 0.338 e. The van der Waals surface area contributed by atoms with E-state index in [1.165, 1.54) is 17.0 Å². The Morgan fingerprint density at radius 2 is 1.72 bits per heavy atom. The van der Waals surface area contributed by atoms with Crippen LogP contribution in [0, 0.1) is 11.8 Å². The van der Waals surface area contributed by atoms with Crippen LogP contribution in [0.4, 0.5) is 0 Å². The highest BCUT2D eigenvalue weighted by Crippen LogP contribution is 2.24. The van der Waals surface area contributed by atoms with Gasteiger partial charge in [0.2, 0.25) is 5.91 Å². The van der Waals surface area contributed by atoms with Crippen molar-refractivity contribution in [2.24, 2.45) is 17.6 Å². The van der Waals surface area contributed by atoms with Gasteiger partial charge in [-0.15, -0.1) is 0 Å². The van der Waals surface area contributed by atoms with Gasteiger partial charge in [-0.3, -0.25) is 9.59 Å². The van der Waals surface area contributed by atoms with Crippen molar-refractivity contribution in [1.82, 2.24) is 4.90 Å². The van der Waals surface area contributed by atoms with E-state index in [0.717, 1.165) is 0 Å². The number of likely N-dealkylation sites (tertiary alicyclic amines) is 1. The van der Waals surface area contributed by atoms with Gasteiger partial charge in [-0.2, -0.15) is 0 Å². The number of nitrogens with zero attached hydrogens (tertiary/aromatic N) is 1. The third-order valence-electron chi connectivity index (χ3n) is 4.09. The molecule has 0 aromatic heterocycles. The highest BCUT2D eigenvalue weighted by atomic mass is 16.6. The van der Waals surface area contributed by atoms with Crippen LogP contribution in [0.3, 0.4) is 0 Å². The average Bonchev–Trinajstić information content (AvgIpc) is 2.97. The molecule has 1 fully saturated rings. The number of hydrogen-bond donors (Lipinski definition) is 2. The van der Waals surface area contributed by atoms with E-state index in [4.69, 9.17) is 10.5 Å². The van der Waals surface area contributed by atoms with Gasteiger partial charge in [-0.25, -0.2) is 4.79 Å². The maximum atomic E-state index is 12.6. The first kappa shape index (κ1) is 18.9. The summed E-state index contributed by atoms with van der Waals surface area (Å²) in [6, 6.07) is 6.17. The molecule has 2 atom stereocenters.